The molecule has 0 aromatic heterocycles. The second-order valence-electron chi connectivity index (χ2n) is 8.29. The number of hydrogen-bond donors (Lipinski definition) is 2. The molecule has 1 aliphatic heterocycles. The zero-order valence-electron chi connectivity index (χ0n) is 21.4. The molecule has 0 aliphatic carbocycles. The highest BCUT2D eigenvalue weighted by Crippen LogP contribution is 2.31. The average Bonchev–Trinajstić information content (AvgIpc) is 2.75. The third-order valence-corrected chi connectivity index (χ3v) is 7.60. The molecule has 0 spiro atoms. The van der Waals surface area contributed by atoms with Gasteiger partial charge in [0.2, 0.25) is 0 Å². The lowest BCUT2D eigenvalue weighted by molar-refractivity contribution is -0.385. The number of nitrogens with one attached hydrogen (secondary N) is 1. The SMILES string of the molecule is CS(=O)(=O)O.CS(=O)(=O)OCCN(CCOS(C)(=O)=O)c1ccc([N+](=O)[O-])cc1S(=O)(=O)CN1CCNCC1. The summed E-state index contributed by atoms with van der Waals surface area (Å²) in [7, 11) is -15.3. The number of nitro groups is 1. The largest absolute Gasteiger partial charge is 0.366 e. The lowest BCUT2D eigenvalue weighted by Gasteiger charge is -2.29. The molecule has 0 atom stereocenters. The Bertz CT molecular complexity index is 1360. The van der Waals surface area contributed by atoms with Crippen molar-refractivity contribution in [1.29, 1.82) is 0 Å². The fraction of sp³-hybridized carbons (Fsp3) is 0.667. The molecule has 2 N–H and O–H groups in total. The van der Waals surface area contributed by atoms with Gasteiger partial charge in [-0.25, -0.2) is 8.42 Å². The predicted molar refractivity (Wildman–Crippen MR) is 141 cm³/mol. The molecule has 0 radical (unpaired) electrons. The maximum absolute atomic E-state index is 13.3. The van der Waals surface area contributed by atoms with Gasteiger partial charge in [-0.3, -0.25) is 27.9 Å². The van der Waals surface area contributed by atoms with Crippen LogP contribution in [0.2, 0.25) is 0 Å². The third kappa shape index (κ3) is 15.4. The molecule has 0 bridgehead atoms. The first-order chi connectivity index (χ1) is 17.7. The van der Waals surface area contributed by atoms with Crippen LogP contribution in [-0.4, -0.2) is 125 Å². The van der Waals surface area contributed by atoms with Gasteiger partial charge in [-0.1, -0.05) is 0 Å². The van der Waals surface area contributed by atoms with E-state index >= 15 is 0 Å². The van der Waals surface area contributed by atoms with Gasteiger partial charge in [0.25, 0.3) is 36.0 Å². The number of nitro benzene ring substituents is 1. The normalized spacial score (nSPS) is 15.3. The number of nitrogens with zero attached hydrogens (tertiary/aromatic N) is 3. The third-order valence-electron chi connectivity index (χ3n) is 4.71. The monoisotopic (exact) mass is 640 g/mol. The molecule has 39 heavy (non-hydrogen) atoms. The molecule has 1 aromatic rings. The maximum Gasteiger partial charge on any atom is 0.270 e. The van der Waals surface area contributed by atoms with E-state index in [-0.39, 0.29) is 42.8 Å². The predicted octanol–water partition coefficient (Wildman–Crippen LogP) is -1.51. The molecule has 0 saturated carbocycles. The standard InChI is InChI=1S/C17H28N4O10S3.CH4O3S/c1-32(24,25)30-11-9-20(10-12-31-33(2,26)27)16-4-3-15(21(22)23)13-17(16)34(28,29)14-19-7-5-18-6-8-19;1-5(2,3)4/h3-4,13,18H,5-12,14H2,1-2H3;1H3,(H,2,3,4). The zero-order valence-corrected chi connectivity index (χ0v) is 24.7. The van der Waals surface area contributed by atoms with Crippen LogP contribution in [0.5, 0.6) is 0 Å². The van der Waals surface area contributed by atoms with E-state index in [4.69, 9.17) is 12.9 Å². The fourth-order valence-corrected chi connectivity index (χ4v) is 5.68. The van der Waals surface area contributed by atoms with Gasteiger partial charge in [-0.15, -0.1) is 0 Å². The van der Waals surface area contributed by atoms with Crippen molar-refractivity contribution in [2.24, 2.45) is 0 Å². The van der Waals surface area contributed by atoms with E-state index in [1.54, 1.807) is 4.90 Å². The van der Waals surface area contributed by atoms with E-state index in [1.807, 2.05) is 0 Å². The van der Waals surface area contributed by atoms with Gasteiger partial charge in [0.05, 0.1) is 47.5 Å². The molecule has 1 aliphatic rings. The highest BCUT2D eigenvalue weighted by molar-refractivity contribution is 7.91. The molecular weight excluding hydrogens is 608 g/mol. The Hall–Kier alpha value is -1.98. The smallest absolute Gasteiger partial charge is 0.270 e. The first kappa shape index (κ1) is 35.0. The number of benzene rings is 1. The van der Waals surface area contributed by atoms with Gasteiger partial charge < -0.3 is 10.2 Å². The van der Waals surface area contributed by atoms with Crippen LogP contribution >= 0.6 is 0 Å². The van der Waals surface area contributed by atoms with Crippen molar-refractivity contribution in [3.63, 3.8) is 0 Å². The minimum Gasteiger partial charge on any atom is -0.366 e. The van der Waals surface area contributed by atoms with E-state index < -0.39 is 50.8 Å². The highest BCUT2D eigenvalue weighted by atomic mass is 32.2. The van der Waals surface area contributed by atoms with Crippen molar-refractivity contribution in [3.05, 3.63) is 28.3 Å². The Morgan fingerprint density at radius 2 is 1.41 bits per heavy atom. The number of anilines is 1. The van der Waals surface area contributed by atoms with Crippen LogP contribution in [0.15, 0.2) is 23.1 Å². The average molecular weight is 641 g/mol. The number of hydrogen-bond acceptors (Lipinski definition) is 15. The molecule has 1 saturated heterocycles. The number of non-ortho nitro benzene ring substituents is 1. The maximum atomic E-state index is 13.3. The molecule has 2 rings (SSSR count). The summed E-state index contributed by atoms with van der Waals surface area (Å²) in [5.41, 5.74) is -0.405. The molecule has 0 amide bonds. The number of piperazine rings is 1. The Labute approximate surface area is 228 Å². The molecule has 17 nitrogen and oxygen atoms in total. The minimum absolute atomic E-state index is 0.0370. The Morgan fingerprint density at radius 1 is 0.949 bits per heavy atom. The summed E-state index contributed by atoms with van der Waals surface area (Å²) in [6, 6.07) is 3.28. The van der Waals surface area contributed by atoms with Crippen LogP contribution in [0.3, 0.4) is 0 Å². The van der Waals surface area contributed by atoms with Gasteiger partial charge in [0.15, 0.2) is 9.84 Å². The van der Waals surface area contributed by atoms with Crippen molar-refractivity contribution in [3.8, 4) is 0 Å². The van der Waals surface area contributed by atoms with E-state index in [1.165, 1.54) is 11.0 Å². The van der Waals surface area contributed by atoms with Gasteiger partial charge in [-0.2, -0.15) is 25.3 Å². The Kier molecular flexibility index (Phi) is 13.1. The molecule has 1 aromatic carbocycles. The quantitative estimate of drug-likeness (QED) is 0.108. The van der Waals surface area contributed by atoms with Crippen molar-refractivity contribution >= 4 is 51.6 Å². The molecule has 0 unspecified atom stereocenters. The van der Waals surface area contributed by atoms with Crippen LogP contribution in [0.25, 0.3) is 0 Å². The van der Waals surface area contributed by atoms with Crippen molar-refractivity contribution in [2.75, 3.05) is 82.0 Å². The lowest BCUT2D eigenvalue weighted by Crippen LogP contribution is -2.45. The second-order valence-corrected chi connectivity index (χ2v) is 15.0. The van der Waals surface area contributed by atoms with Gasteiger partial charge in [0.1, 0.15) is 5.88 Å². The molecule has 1 fully saturated rings. The summed E-state index contributed by atoms with van der Waals surface area (Å²) >= 11 is 0. The molecule has 21 heteroatoms. The van der Waals surface area contributed by atoms with E-state index in [9.17, 15) is 43.8 Å². The molecule has 1 heterocycles. The van der Waals surface area contributed by atoms with Crippen LogP contribution < -0.4 is 10.2 Å². The summed E-state index contributed by atoms with van der Waals surface area (Å²) in [6.07, 6.45) is 2.41. The van der Waals surface area contributed by atoms with Crippen molar-refractivity contribution in [1.82, 2.24) is 10.2 Å². The van der Waals surface area contributed by atoms with Crippen LogP contribution in [-0.2, 0) is 48.6 Å². The van der Waals surface area contributed by atoms with Gasteiger partial charge >= 0.3 is 0 Å². The number of sulfone groups is 1. The van der Waals surface area contributed by atoms with Crippen molar-refractivity contribution < 1.29 is 51.5 Å². The van der Waals surface area contributed by atoms with Crippen LogP contribution in [0.4, 0.5) is 11.4 Å². The van der Waals surface area contributed by atoms with Gasteiger partial charge in [-0.05, 0) is 6.07 Å². The first-order valence-corrected chi connectivity index (χ1v) is 18.1. The fourth-order valence-electron chi connectivity index (χ4n) is 3.23. The summed E-state index contributed by atoms with van der Waals surface area (Å²) in [6.45, 7) is 1.07. The minimum atomic E-state index is -4.06. The topological polar surface area (TPSA) is 237 Å². The van der Waals surface area contributed by atoms with Crippen LogP contribution in [0, 0.1) is 10.1 Å². The second kappa shape index (κ2) is 14.6. The van der Waals surface area contributed by atoms with E-state index in [0.29, 0.717) is 32.4 Å². The van der Waals surface area contributed by atoms with Crippen LogP contribution in [0.1, 0.15) is 0 Å². The Morgan fingerprint density at radius 3 is 1.82 bits per heavy atom. The molecule has 226 valence electrons. The summed E-state index contributed by atoms with van der Waals surface area (Å²) in [4.78, 5) is 13.3. The lowest BCUT2D eigenvalue weighted by atomic mass is 10.2. The Balaban J connectivity index is 0.00000139. The first-order valence-electron chi connectivity index (χ1n) is 11.0. The molecular formula is C18H32N4O13S4. The zero-order chi connectivity index (χ0) is 30.1. The summed E-state index contributed by atoms with van der Waals surface area (Å²) < 4.78 is 107. The summed E-state index contributed by atoms with van der Waals surface area (Å²) in [5.74, 6) is -0.379. The van der Waals surface area contributed by atoms with Gasteiger partial charge in [0, 0.05) is 51.4 Å². The van der Waals surface area contributed by atoms with E-state index in [0.717, 1.165) is 24.6 Å². The van der Waals surface area contributed by atoms with E-state index in [2.05, 4.69) is 5.32 Å². The van der Waals surface area contributed by atoms with Crippen molar-refractivity contribution in [2.45, 2.75) is 4.90 Å². The number of rotatable bonds is 13. The highest BCUT2D eigenvalue weighted by Gasteiger charge is 2.28. The summed E-state index contributed by atoms with van der Waals surface area (Å²) in [5, 5.41) is 14.4.